The standard InChI is InChI=1S/C8H9N3O2S/c1-14(12,13)5-7-10-6-3-2-4-9-8(6)11-7/h2-5H,1H3,(H,12,13)(H,9,10,11). The number of fused-ring (bicyclic) bond motifs is 1. The topological polar surface area (TPSA) is 78.9 Å². The van der Waals surface area contributed by atoms with E-state index in [1.807, 2.05) is 6.07 Å². The molecule has 74 valence electrons. The van der Waals surface area contributed by atoms with E-state index in [-0.39, 0.29) is 0 Å². The zero-order valence-corrected chi connectivity index (χ0v) is 8.28. The molecule has 0 spiro atoms. The van der Waals surface area contributed by atoms with Crippen molar-refractivity contribution >= 4 is 26.3 Å². The Labute approximate surface area is 81.0 Å². The molecule has 1 atom stereocenters. The highest BCUT2D eigenvalue weighted by Gasteiger charge is 2.01. The van der Waals surface area contributed by atoms with Crippen molar-refractivity contribution in [2.75, 3.05) is 6.26 Å². The van der Waals surface area contributed by atoms with Crippen LogP contribution in [0.1, 0.15) is 5.82 Å². The number of H-pyrrole nitrogens is 1. The van der Waals surface area contributed by atoms with Crippen molar-refractivity contribution in [2.24, 2.45) is 0 Å². The average Bonchev–Trinajstić information content (AvgIpc) is 2.42. The fraction of sp³-hybridized carbons (Fsp3) is 0.125. The van der Waals surface area contributed by atoms with E-state index in [1.54, 1.807) is 12.3 Å². The summed E-state index contributed by atoms with van der Waals surface area (Å²) in [6.45, 7) is 0. The molecule has 2 rings (SSSR count). The van der Waals surface area contributed by atoms with Crippen LogP contribution >= 0.6 is 0 Å². The van der Waals surface area contributed by atoms with Crippen LogP contribution in [0.4, 0.5) is 0 Å². The van der Waals surface area contributed by atoms with E-state index in [0.29, 0.717) is 11.5 Å². The number of aromatic amines is 1. The van der Waals surface area contributed by atoms with Crippen molar-refractivity contribution in [3.05, 3.63) is 24.2 Å². The molecule has 0 bridgehead atoms. The van der Waals surface area contributed by atoms with Crippen molar-refractivity contribution in [2.45, 2.75) is 0 Å². The maximum atomic E-state index is 11.1. The van der Waals surface area contributed by atoms with Gasteiger partial charge in [0.25, 0.3) is 0 Å². The lowest BCUT2D eigenvalue weighted by Crippen LogP contribution is -2.00. The minimum absolute atomic E-state index is 0.369. The van der Waals surface area contributed by atoms with Gasteiger partial charge in [0.05, 0.1) is 20.7 Å². The van der Waals surface area contributed by atoms with E-state index < -0.39 is 9.80 Å². The highest BCUT2D eigenvalue weighted by Crippen LogP contribution is 2.05. The van der Waals surface area contributed by atoms with Gasteiger partial charge in [-0.1, -0.05) is 0 Å². The number of hydrogen-bond donors (Lipinski definition) is 2. The third-order valence-electron chi connectivity index (χ3n) is 1.61. The van der Waals surface area contributed by atoms with Crippen LogP contribution in [0.5, 0.6) is 0 Å². The first-order valence-corrected chi connectivity index (χ1v) is 5.90. The Kier molecular flexibility index (Phi) is 2.01. The molecule has 5 nitrogen and oxygen atoms in total. The van der Waals surface area contributed by atoms with Crippen LogP contribution in [0.3, 0.4) is 0 Å². The quantitative estimate of drug-likeness (QED) is 0.673. The minimum atomic E-state index is -2.92. The number of hydrogen-bond acceptors (Lipinski definition) is 3. The summed E-state index contributed by atoms with van der Waals surface area (Å²) in [5.74, 6) is 0.369. The van der Waals surface area contributed by atoms with Gasteiger partial charge < -0.3 is 9.54 Å². The molecule has 2 aromatic heterocycles. The molecule has 2 aromatic rings. The zero-order chi connectivity index (χ0) is 10.2. The van der Waals surface area contributed by atoms with Crippen molar-refractivity contribution < 1.29 is 8.76 Å². The number of rotatable bonds is 1. The van der Waals surface area contributed by atoms with E-state index in [2.05, 4.69) is 15.0 Å². The minimum Gasteiger partial charge on any atom is -0.337 e. The van der Waals surface area contributed by atoms with E-state index in [4.69, 9.17) is 4.55 Å². The summed E-state index contributed by atoms with van der Waals surface area (Å²) in [5, 5.41) is 1.19. The highest BCUT2D eigenvalue weighted by molar-refractivity contribution is 7.95. The van der Waals surface area contributed by atoms with Gasteiger partial charge in [-0.3, -0.25) is 0 Å². The molecule has 0 radical (unpaired) electrons. The Hall–Kier alpha value is -1.40. The maximum Gasteiger partial charge on any atom is 0.178 e. The van der Waals surface area contributed by atoms with Crippen molar-refractivity contribution in [1.29, 1.82) is 0 Å². The first-order valence-electron chi connectivity index (χ1n) is 3.92. The summed E-state index contributed by atoms with van der Waals surface area (Å²) in [5.41, 5.74) is 1.30. The van der Waals surface area contributed by atoms with Crippen molar-refractivity contribution in [3.63, 3.8) is 0 Å². The third kappa shape index (κ3) is 1.91. The lowest BCUT2D eigenvalue weighted by molar-refractivity contribution is 0.566. The number of pyridine rings is 1. The number of nitrogens with one attached hydrogen (secondary N) is 1. The molecule has 14 heavy (non-hydrogen) atoms. The monoisotopic (exact) mass is 211 g/mol. The van der Waals surface area contributed by atoms with Crippen LogP contribution in [0.15, 0.2) is 18.3 Å². The van der Waals surface area contributed by atoms with Crippen LogP contribution in [0.2, 0.25) is 0 Å². The summed E-state index contributed by atoms with van der Waals surface area (Å²) in [6.07, 6.45) is 2.85. The third-order valence-corrected chi connectivity index (χ3v) is 2.27. The molecule has 0 aromatic carbocycles. The summed E-state index contributed by atoms with van der Waals surface area (Å²) >= 11 is 0. The Morgan fingerprint density at radius 3 is 3.07 bits per heavy atom. The molecule has 0 saturated heterocycles. The SMILES string of the molecule is CS(=O)(O)=Cc1nc2ncccc2[nH]1. The smallest absolute Gasteiger partial charge is 0.178 e. The highest BCUT2D eigenvalue weighted by atomic mass is 32.2. The van der Waals surface area contributed by atoms with Gasteiger partial charge in [0.15, 0.2) is 5.65 Å². The molecular weight excluding hydrogens is 202 g/mol. The number of imidazole rings is 1. The molecule has 0 saturated carbocycles. The lowest BCUT2D eigenvalue weighted by Gasteiger charge is -1.89. The van der Waals surface area contributed by atoms with Gasteiger partial charge in [-0.2, -0.15) is 0 Å². The number of nitrogens with zero attached hydrogens (tertiary/aromatic N) is 2. The second-order valence-corrected chi connectivity index (χ2v) is 4.93. The predicted molar refractivity (Wildman–Crippen MR) is 55.7 cm³/mol. The molecular formula is C8H9N3O2S. The van der Waals surface area contributed by atoms with Crippen LogP contribution in [0.25, 0.3) is 11.2 Å². The van der Waals surface area contributed by atoms with E-state index in [0.717, 1.165) is 5.52 Å². The first kappa shape index (κ1) is 9.17. The molecule has 1 unspecified atom stereocenters. The van der Waals surface area contributed by atoms with Gasteiger partial charge in [-0.05, 0) is 12.1 Å². The van der Waals surface area contributed by atoms with Crippen molar-refractivity contribution in [1.82, 2.24) is 15.0 Å². The Morgan fingerprint density at radius 1 is 1.64 bits per heavy atom. The summed E-state index contributed by atoms with van der Waals surface area (Å²) in [7, 11) is -2.92. The van der Waals surface area contributed by atoms with Crippen LogP contribution in [-0.2, 0) is 9.80 Å². The molecule has 0 aliphatic carbocycles. The van der Waals surface area contributed by atoms with Crippen molar-refractivity contribution in [3.8, 4) is 0 Å². The second-order valence-electron chi connectivity index (χ2n) is 2.98. The van der Waals surface area contributed by atoms with Gasteiger partial charge >= 0.3 is 0 Å². The first-order chi connectivity index (χ1) is 6.54. The fourth-order valence-corrected chi connectivity index (χ4v) is 1.65. The Bertz CT molecular complexity index is 540. The van der Waals surface area contributed by atoms with Crippen LogP contribution in [0, 0.1) is 0 Å². The molecule has 0 aliphatic heterocycles. The van der Waals surface area contributed by atoms with Crippen LogP contribution < -0.4 is 0 Å². The molecule has 2 N–H and O–H groups in total. The van der Waals surface area contributed by atoms with Gasteiger partial charge in [0, 0.05) is 12.5 Å². The summed E-state index contributed by atoms with van der Waals surface area (Å²) in [6, 6.07) is 3.58. The predicted octanol–water partition coefficient (Wildman–Crippen LogP) is 0.495. The van der Waals surface area contributed by atoms with E-state index in [1.165, 1.54) is 11.6 Å². The normalized spacial score (nSPS) is 15.3. The Balaban J connectivity index is 2.62. The Morgan fingerprint density at radius 2 is 2.43 bits per heavy atom. The molecule has 0 fully saturated rings. The average molecular weight is 211 g/mol. The fourth-order valence-electron chi connectivity index (χ4n) is 1.13. The molecule has 2 heterocycles. The van der Waals surface area contributed by atoms with E-state index in [9.17, 15) is 4.21 Å². The van der Waals surface area contributed by atoms with Gasteiger partial charge in [-0.15, -0.1) is 0 Å². The molecule has 0 aliphatic rings. The summed E-state index contributed by atoms with van der Waals surface area (Å²) < 4.78 is 20.1. The molecule has 0 amide bonds. The second kappa shape index (κ2) is 3.07. The van der Waals surface area contributed by atoms with E-state index >= 15 is 0 Å². The van der Waals surface area contributed by atoms with Crippen LogP contribution in [-0.4, -0.2) is 35.3 Å². The number of aromatic nitrogens is 3. The molecule has 6 heteroatoms. The maximum absolute atomic E-state index is 11.1. The van der Waals surface area contributed by atoms with Gasteiger partial charge in [0.2, 0.25) is 0 Å². The van der Waals surface area contributed by atoms with Gasteiger partial charge in [0.1, 0.15) is 5.82 Å². The zero-order valence-electron chi connectivity index (χ0n) is 7.47. The van der Waals surface area contributed by atoms with Gasteiger partial charge in [-0.25, -0.2) is 14.2 Å². The largest absolute Gasteiger partial charge is 0.337 e. The lowest BCUT2D eigenvalue weighted by atomic mass is 10.4. The summed E-state index contributed by atoms with van der Waals surface area (Å²) in [4.78, 5) is 10.9.